The molecule has 1 fully saturated rings. The fraction of sp³-hybridized carbons (Fsp3) is 0.500. The summed E-state index contributed by atoms with van der Waals surface area (Å²) in [5.41, 5.74) is 0. The molecule has 0 amide bonds. The summed E-state index contributed by atoms with van der Waals surface area (Å²) in [5.74, 6) is 1.34. The molecule has 6 heteroatoms. The minimum absolute atomic E-state index is 0.622. The number of rotatable bonds is 4. The molecule has 2 aromatic heterocycles. The first-order chi connectivity index (χ1) is 8.81. The van der Waals surface area contributed by atoms with Crippen LogP contribution in [-0.2, 0) is 6.54 Å². The van der Waals surface area contributed by atoms with E-state index in [-0.39, 0.29) is 0 Å². The van der Waals surface area contributed by atoms with Crippen LogP contribution in [0.4, 0.5) is 0 Å². The van der Waals surface area contributed by atoms with E-state index in [2.05, 4.69) is 31.4 Å². The fourth-order valence-electron chi connectivity index (χ4n) is 2.22. The second-order valence-corrected chi connectivity index (χ2v) is 6.94. The third-order valence-electron chi connectivity index (χ3n) is 3.16. The normalized spacial score (nSPS) is 16.5. The van der Waals surface area contributed by atoms with Crippen LogP contribution in [0.3, 0.4) is 0 Å². The highest BCUT2D eigenvalue weighted by Gasteiger charge is 2.16. The summed E-state index contributed by atoms with van der Waals surface area (Å²) in [4.78, 5) is 5.43. The molecule has 0 bridgehead atoms. The summed E-state index contributed by atoms with van der Waals surface area (Å²) >= 11 is 5.04. The van der Waals surface area contributed by atoms with E-state index in [4.69, 9.17) is 4.52 Å². The SMILES string of the molecule is Brc1ccc(-c2noc(CNC3CCCC3)n2)s1. The second-order valence-electron chi connectivity index (χ2n) is 4.48. The molecule has 18 heavy (non-hydrogen) atoms. The summed E-state index contributed by atoms with van der Waals surface area (Å²) in [5, 5.41) is 7.47. The van der Waals surface area contributed by atoms with E-state index >= 15 is 0 Å². The van der Waals surface area contributed by atoms with Gasteiger partial charge in [-0.25, -0.2) is 0 Å². The number of hydrogen-bond acceptors (Lipinski definition) is 5. The van der Waals surface area contributed by atoms with Gasteiger partial charge in [0.2, 0.25) is 11.7 Å². The molecule has 1 aliphatic rings. The molecule has 0 saturated heterocycles. The van der Waals surface area contributed by atoms with Crippen LogP contribution < -0.4 is 5.32 Å². The van der Waals surface area contributed by atoms with Crippen molar-refractivity contribution in [1.82, 2.24) is 15.5 Å². The molecule has 1 saturated carbocycles. The quantitative estimate of drug-likeness (QED) is 0.932. The van der Waals surface area contributed by atoms with Crippen molar-refractivity contribution in [3.63, 3.8) is 0 Å². The number of hydrogen-bond donors (Lipinski definition) is 1. The second kappa shape index (κ2) is 5.50. The van der Waals surface area contributed by atoms with Crippen LogP contribution in [0.1, 0.15) is 31.6 Å². The molecule has 1 N–H and O–H groups in total. The molecule has 1 aliphatic carbocycles. The van der Waals surface area contributed by atoms with Crippen molar-refractivity contribution in [2.75, 3.05) is 0 Å². The third kappa shape index (κ3) is 2.81. The first kappa shape index (κ1) is 12.3. The average molecular weight is 328 g/mol. The Morgan fingerprint density at radius 1 is 1.39 bits per heavy atom. The maximum absolute atomic E-state index is 5.26. The van der Waals surface area contributed by atoms with E-state index in [9.17, 15) is 0 Å². The highest BCUT2D eigenvalue weighted by atomic mass is 79.9. The summed E-state index contributed by atoms with van der Waals surface area (Å²) in [6.45, 7) is 0.671. The lowest BCUT2D eigenvalue weighted by atomic mass is 10.2. The van der Waals surface area contributed by atoms with Gasteiger partial charge < -0.3 is 9.84 Å². The summed E-state index contributed by atoms with van der Waals surface area (Å²) in [6, 6.07) is 4.61. The van der Waals surface area contributed by atoms with Crippen molar-refractivity contribution in [2.45, 2.75) is 38.3 Å². The van der Waals surface area contributed by atoms with Gasteiger partial charge in [-0.15, -0.1) is 11.3 Å². The lowest BCUT2D eigenvalue weighted by molar-refractivity contribution is 0.357. The Bertz CT molecular complexity index is 519. The monoisotopic (exact) mass is 327 g/mol. The maximum atomic E-state index is 5.26. The fourth-order valence-corrected chi connectivity index (χ4v) is 3.53. The first-order valence-corrected chi connectivity index (χ1v) is 7.74. The van der Waals surface area contributed by atoms with Gasteiger partial charge in [-0.1, -0.05) is 18.0 Å². The molecule has 0 aromatic carbocycles. The topological polar surface area (TPSA) is 51.0 Å². The smallest absolute Gasteiger partial charge is 0.240 e. The van der Waals surface area contributed by atoms with Crippen molar-refractivity contribution < 1.29 is 4.52 Å². The zero-order valence-electron chi connectivity index (χ0n) is 9.86. The van der Waals surface area contributed by atoms with Gasteiger partial charge in [-0.2, -0.15) is 4.98 Å². The predicted molar refractivity (Wildman–Crippen MR) is 74.4 cm³/mol. The molecule has 0 spiro atoms. The Balaban J connectivity index is 1.62. The largest absolute Gasteiger partial charge is 0.338 e. The van der Waals surface area contributed by atoms with Crippen LogP contribution in [-0.4, -0.2) is 16.2 Å². The van der Waals surface area contributed by atoms with Crippen LogP contribution in [0.15, 0.2) is 20.4 Å². The standard InChI is InChI=1S/C12H14BrN3OS/c13-10-6-5-9(18-10)12-15-11(17-16-12)7-14-8-3-1-2-4-8/h5-6,8,14H,1-4,7H2. The van der Waals surface area contributed by atoms with Crippen LogP contribution in [0.5, 0.6) is 0 Å². The summed E-state index contributed by atoms with van der Waals surface area (Å²) in [7, 11) is 0. The van der Waals surface area contributed by atoms with Gasteiger partial charge in [-0.05, 0) is 40.9 Å². The molecule has 2 heterocycles. The van der Waals surface area contributed by atoms with Gasteiger partial charge in [-0.3, -0.25) is 0 Å². The van der Waals surface area contributed by atoms with Crippen LogP contribution >= 0.6 is 27.3 Å². The Labute approximate surface area is 118 Å². The summed E-state index contributed by atoms with van der Waals surface area (Å²) in [6.07, 6.45) is 5.18. The lowest BCUT2D eigenvalue weighted by Gasteiger charge is -2.08. The Morgan fingerprint density at radius 2 is 2.22 bits per heavy atom. The zero-order valence-corrected chi connectivity index (χ0v) is 12.3. The van der Waals surface area contributed by atoms with E-state index in [1.165, 1.54) is 25.7 Å². The van der Waals surface area contributed by atoms with Gasteiger partial charge in [0, 0.05) is 6.04 Å². The number of thiophene rings is 1. The Kier molecular flexibility index (Phi) is 3.77. The van der Waals surface area contributed by atoms with Crippen molar-refractivity contribution in [2.24, 2.45) is 0 Å². The Hall–Kier alpha value is -0.720. The number of halogens is 1. The molecule has 3 rings (SSSR count). The van der Waals surface area contributed by atoms with Gasteiger partial charge in [0.25, 0.3) is 0 Å². The van der Waals surface area contributed by atoms with E-state index < -0.39 is 0 Å². The highest BCUT2D eigenvalue weighted by molar-refractivity contribution is 9.11. The summed E-state index contributed by atoms with van der Waals surface area (Å²) < 4.78 is 6.33. The molecule has 0 unspecified atom stereocenters. The number of aromatic nitrogens is 2. The minimum Gasteiger partial charge on any atom is -0.338 e. The van der Waals surface area contributed by atoms with Gasteiger partial charge in [0.15, 0.2) is 0 Å². The minimum atomic E-state index is 0.622. The Morgan fingerprint density at radius 3 is 2.94 bits per heavy atom. The maximum Gasteiger partial charge on any atom is 0.240 e. The third-order valence-corrected chi connectivity index (χ3v) is 4.78. The lowest BCUT2D eigenvalue weighted by Crippen LogP contribution is -2.25. The predicted octanol–water partition coefficient (Wildman–Crippen LogP) is 3.59. The van der Waals surface area contributed by atoms with Crippen molar-refractivity contribution in [3.05, 3.63) is 21.8 Å². The van der Waals surface area contributed by atoms with Crippen molar-refractivity contribution in [1.29, 1.82) is 0 Å². The average Bonchev–Trinajstić information content (AvgIpc) is 3.07. The van der Waals surface area contributed by atoms with Crippen LogP contribution in [0.25, 0.3) is 10.7 Å². The van der Waals surface area contributed by atoms with Gasteiger partial charge >= 0.3 is 0 Å². The molecular weight excluding hydrogens is 314 g/mol. The molecule has 2 aromatic rings. The molecule has 0 atom stereocenters. The molecular formula is C12H14BrN3OS. The van der Waals surface area contributed by atoms with Crippen molar-refractivity contribution in [3.8, 4) is 10.7 Å². The van der Waals surface area contributed by atoms with Crippen LogP contribution in [0.2, 0.25) is 0 Å². The van der Waals surface area contributed by atoms with Gasteiger partial charge in [0.05, 0.1) is 15.2 Å². The number of nitrogens with zero attached hydrogens (tertiary/aromatic N) is 2. The van der Waals surface area contributed by atoms with E-state index in [1.54, 1.807) is 11.3 Å². The molecule has 96 valence electrons. The molecule has 4 nitrogen and oxygen atoms in total. The van der Waals surface area contributed by atoms with E-state index in [0.717, 1.165) is 8.66 Å². The van der Waals surface area contributed by atoms with E-state index in [1.807, 2.05) is 12.1 Å². The zero-order chi connectivity index (χ0) is 12.4. The molecule has 0 aliphatic heterocycles. The van der Waals surface area contributed by atoms with E-state index in [0.29, 0.717) is 24.3 Å². The highest BCUT2D eigenvalue weighted by Crippen LogP contribution is 2.29. The first-order valence-electron chi connectivity index (χ1n) is 6.13. The van der Waals surface area contributed by atoms with Gasteiger partial charge in [0.1, 0.15) is 0 Å². The number of nitrogens with one attached hydrogen (secondary N) is 1. The van der Waals surface area contributed by atoms with Crippen molar-refractivity contribution >= 4 is 27.3 Å². The van der Waals surface area contributed by atoms with Crippen LogP contribution in [0, 0.1) is 0 Å². The molecule has 0 radical (unpaired) electrons.